The van der Waals surface area contributed by atoms with E-state index in [0.717, 1.165) is 17.1 Å². The molecule has 0 aromatic heterocycles. The molecule has 0 unspecified atom stereocenters. The molecule has 0 spiro atoms. The number of carbonyl (C=O) groups is 3. The van der Waals surface area contributed by atoms with Crippen molar-refractivity contribution in [2.24, 2.45) is 5.73 Å². The molecule has 2 rings (SSSR count). The zero-order valence-corrected chi connectivity index (χ0v) is 12.4. The Morgan fingerprint density at radius 3 is 2.17 bits per heavy atom. The van der Waals surface area contributed by atoms with Crippen molar-refractivity contribution >= 4 is 23.9 Å². The van der Waals surface area contributed by atoms with Crippen molar-refractivity contribution in [2.45, 2.75) is 0 Å². The van der Waals surface area contributed by atoms with Gasteiger partial charge in [-0.15, -0.1) is 0 Å². The van der Waals surface area contributed by atoms with Gasteiger partial charge in [0.25, 0.3) is 0 Å². The van der Waals surface area contributed by atoms with Crippen molar-refractivity contribution in [3.05, 3.63) is 54.1 Å². The standard InChI is InChI=1S/C12H11NO3.C4H4O4/c13-12(14)4-2-1-3-9-5-6-10-11(7-9)16-8-15-10;5-3(6)1-2-4(7)8/h1-7H,8H2,(H2,13,14);1-2H,(H,5,6)(H,7,8)/b3-1+,4-2?;2-1-. The fourth-order valence-electron chi connectivity index (χ4n) is 1.48. The Bertz CT molecular complexity index is 688. The van der Waals surface area contributed by atoms with Gasteiger partial charge in [-0.05, 0) is 17.7 Å². The van der Waals surface area contributed by atoms with Gasteiger partial charge in [-0.2, -0.15) is 0 Å². The van der Waals surface area contributed by atoms with Crippen molar-refractivity contribution in [2.75, 3.05) is 6.79 Å². The van der Waals surface area contributed by atoms with Crippen LogP contribution in [0.15, 0.2) is 48.6 Å². The number of carboxylic acids is 2. The zero-order chi connectivity index (χ0) is 17.9. The molecule has 0 radical (unpaired) electrons. The second kappa shape index (κ2) is 9.46. The lowest BCUT2D eigenvalue weighted by Gasteiger charge is -1.96. The van der Waals surface area contributed by atoms with Crippen molar-refractivity contribution in [3.63, 3.8) is 0 Å². The maximum Gasteiger partial charge on any atom is 0.328 e. The monoisotopic (exact) mass is 333 g/mol. The molecule has 1 amide bonds. The molecule has 1 aromatic rings. The first kappa shape index (κ1) is 18.5. The maximum atomic E-state index is 10.4. The van der Waals surface area contributed by atoms with Gasteiger partial charge in [-0.1, -0.05) is 24.3 Å². The van der Waals surface area contributed by atoms with Gasteiger partial charge in [0.1, 0.15) is 0 Å². The lowest BCUT2D eigenvalue weighted by atomic mass is 10.2. The van der Waals surface area contributed by atoms with Crippen LogP contribution < -0.4 is 15.2 Å². The predicted octanol–water partition coefficient (Wildman–Crippen LogP) is 1.18. The van der Waals surface area contributed by atoms with E-state index >= 15 is 0 Å². The summed E-state index contributed by atoms with van der Waals surface area (Å²) in [6, 6.07) is 5.62. The molecule has 8 heteroatoms. The van der Waals surface area contributed by atoms with E-state index in [-0.39, 0.29) is 6.79 Å². The third-order valence-corrected chi connectivity index (χ3v) is 2.43. The largest absolute Gasteiger partial charge is 0.478 e. The average molecular weight is 333 g/mol. The van der Waals surface area contributed by atoms with Gasteiger partial charge in [0.2, 0.25) is 12.7 Å². The number of carbonyl (C=O) groups excluding carboxylic acids is 1. The summed E-state index contributed by atoms with van der Waals surface area (Å²) < 4.78 is 10.4. The Labute approximate surface area is 137 Å². The van der Waals surface area contributed by atoms with Gasteiger partial charge in [0.05, 0.1) is 0 Å². The smallest absolute Gasteiger partial charge is 0.328 e. The van der Waals surface area contributed by atoms with Gasteiger partial charge in [-0.25, -0.2) is 9.59 Å². The molecular formula is C16H15NO7. The molecule has 0 saturated carbocycles. The first-order valence-corrected chi connectivity index (χ1v) is 6.56. The molecule has 0 atom stereocenters. The van der Waals surface area contributed by atoms with Crippen molar-refractivity contribution < 1.29 is 34.1 Å². The maximum absolute atomic E-state index is 10.4. The first-order chi connectivity index (χ1) is 11.4. The molecule has 1 aliphatic rings. The van der Waals surface area contributed by atoms with Crippen LogP contribution in [0.1, 0.15) is 5.56 Å². The van der Waals surface area contributed by atoms with Crippen molar-refractivity contribution in [1.82, 2.24) is 0 Å². The van der Waals surface area contributed by atoms with Gasteiger partial charge in [0.15, 0.2) is 11.5 Å². The number of amides is 1. The normalized spacial score (nSPS) is 12.3. The third-order valence-electron chi connectivity index (χ3n) is 2.43. The summed E-state index contributed by atoms with van der Waals surface area (Å²) in [4.78, 5) is 29.5. The third kappa shape index (κ3) is 7.46. The summed E-state index contributed by atoms with van der Waals surface area (Å²) in [5.74, 6) is -1.49. The lowest BCUT2D eigenvalue weighted by molar-refractivity contribution is -0.134. The number of carboxylic acid groups (broad SMARTS) is 2. The molecule has 1 aliphatic heterocycles. The summed E-state index contributed by atoms with van der Waals surface area (Å²) in [6.07, 6.45) is 7.59. The minimum Gasteiger partial charge on any atom is -0.478 e. The predicted molar refractivity (Wildman–Crippen MR) is 84.3 cm³/mol. The van der Waals surface area contributed by atoms with E-state index in [2.05, 4.69) is 0 Å². The number of ether oxygens (including phenoxy) is 2. The number of allylic oxidation sites excluding steroid dienone is 2. The van der Waals surface area contributed by atoms with Crippen LogP contribution in [-0.4, -0.2) is 34.9 Å². The molecule has 0 aliphatic carbocycles. The van der Waals surface area contributed by atoms with Gasteiger partial charge < -0.3 is 25.4 Å². The highest BCUT2D eigenvalue weighted by atomic mass is 16.7. The van der Waals surface area contributed by atoms with Crippen LogP contribution in [0.3, 0.4) is 0 Å². The van der Waals surface area contributed by atoms with Crippen molar-refractivity contribution in [1.29, 1.82) is 0 Å². The number of hydrogen-bond donors (Lipinski definition) is 3. The fourth-order valence-corrected chi connectivity index (χ4v) is 1.48. The number of nitrogens with two attached hydrogens (primary N) is 1. The molecule has 8 nitrogen and oxygen atoms in total. The topological polar surface area (TPSA) is 136 Å². The van der Waals surface area contributed by atoms with Gasteiger partial charge in [-0.3, -0.25) is 4.79 Å². The summed E-state index contributed by atoms with van der Waals surface area (Å²) >= 11 is 0. The van der Waals surface area contributed by atoms with Crippen LogP contribution in [0.4, 0.5) is 0 Å². The Hall–Kier alpha value is -3.55. The highest BCUT2D eigenvalue weighted by molar-refractivity contribution is 5.89. The van der Waals surface area contributed by atoms with Crippen LogP contribution in [-0.2, 0) is 14.4 Å². The van der Waals surface area contributed by atoms with Gasteiger partial charge in [0, 0.05) is 18.2 Å². The molecule has 0 bridgehead atoms. The zero-order valence-electron chi connectivity index (χ0n) is 12.4. The molecule has 126 valence electrons. The minimum atomic E-state index is -1.26. The van der Waals surface area contributed by atoms with E-state index in [9.17, 15) is 14.4 Å². The van der Waals surface area contributed by atoms with E-state index in [1.807, 2.05) is 24.3 Å². The summed E-state index contributed by atoms with van der Waals surface area (Å²) in [6.45, 7) is 0.268. The number of aliphatic carboxylic acids is 2. The van der Waals surface area contributed by atoms with Crippen LogP contribution in [0, 0.1) is 0 Å². The van der Waals surface area contributed by atoms with E-state index < -0.39 is 17.8 Å². The SMILES string of the molecule is NC(=O)C=C/C=C/c1ccc2c(c1)OCO2.O=C(O)/C=C\C(=O)O. The van der Waals surface area contributed by atoms with Crippen LogP contribution >= 0.6 is 0 Å². The summed E-state index contributed by atoms with van der Waals surface area (Å²) in [5.41, 5.74) is 5.92. The second-order valence-corrected chi connectivity index (χ2v) is 4.24. The lowest BCUT2D eigenvalue weighted by Crippen LogP contribution is -2.04. The molecule has 0 fully saturated rings. The summed E-state index contributed by atoms with van der Waals surface area (Å²) in [7, 11) is 0. The summed E-state index contributed by atoms with van der Waals surface area (Å²) in [5, 5.41) is 15.6. The quantitative estimate of drug-likeness (QED) is 0.543. The van der Waals surface area contributed by atoms with Gasteiger partial charge >= 0.3 is 11.9 Å². The minimum absolute atomic E-state index is 0.268. The Morgan fingerprint density at radius 2 is 1.58 bits per heavy atom. The molecular weight excluding hydrogens is 318 g/mol. The number of hydrogen-bond acceptors (Lipinski definition) is 5. The fraction of sp³-hybridized carbons (Fsp3) is 0.0625. The number of rotatable bonds is 5. The number of benzene rings is 1. The van der Waals surface area contributed by atoms with E-state index in [4.69, 9.17) is 25.4 Å². The molecule has 4 N–H and O–H groups in total. The Kier molecular flexibility index (Phi) is 7.29. The molecule has 1 heterocycles. The number of primary amides is 1. The van der Waals surface area contributed by atoms with E-state index in [1.165, 1.54) is 6.08 Å². The van der Waals surface area contributed by atoms with Crippen LogP contribution in [0.2, 0.25) is 0 Å². The average Bonchev–Trinajstić information content (AvgIpc) is 2.97. The molecule has 1 aromatic carbocycles. The first-order valence-electron chi connectivity index (χ1n) is 6.56. The van der Waals surface area contributed by atoms with E-state index in [1.54, 1.807) is 12.2 Å². The highest BCUT2D eigenvalue weighted by Crippen LogP contribution is 2.32. The van der Waals surface area contributed by atoms with Crippen LogP contribution in [0.25, 0.3) is 6.08 Å². The van der Waals surface area contributed by atoms with Crippen LogP contribution in [0.5, 0.6) is 11.5 Å². The number of fused-ring (bicyclic) bond motifs is 1. The van der Waals surface area contributed by atoms with Crippen molar-refractivity contribution in [3.8, 4) is 11.5 Å². The Balaban J connectivity index is 0.000000307. The highest BCUT2D eigenvalue weighted by Gasteiger charge is 2.11. The molecule has 0 saturated heterocycles. The van der Waals surface area contributed by atoms with E-state index in [0.29, 0.717) is 12.2 Å². The molecule has 24 heavy (non-hydrogen) atoms. The Morgan fingerprint density at radius 1 is 0.958 bits per heavy atom. The second-order valence-electron chi connectivity index (χ2n) is 4.24.